The van der Waals surface area contributed by atoms with Crippen molar-refractivity contribution in [1.29, 1.82) is 0 Å². The van der Waals surface area contributed by atoms with Gasteiger partial charge < -0.3 is 4.74 Å². The van der Waals surface area contributed by atoms with Crippen molar-refractivity contribution in [3.8, 4) is 0 Å². The molecule has 0 aliphatic carbocycles. The van der Waals surface area contributed by atoms with Gasteiger partial charge in [-0.2, -0.15) is 0 Å². The smallest absolute Gasteiger partial charge is 0.419 e. The van der Waals surface area contributed by atoms with Gasteiger partial charge in [0, 0.05) is 15.2 Å². The Hall–Kier alpha value is -1.04. The Labute approximate surface area is 120 Å². The summed E-state index contributed by atoms with van der Waals surface area (Å²) in [7, 11) is 0. The lowest BCUT2D eigenvalue weighted by atomic mass is 10.2. The van der Waals surface area contributed by atoms with Crippen LogP contribution in [0.1, 0.15) is 26.3 Å². The second kappa shape index (κ2) is 4.57. The molecule has 0 spiro atoms. The van der Waals surface area contributed by atoms with Gasteiger partial charge in [0.15, 0.2) is 0 Å². The number of rotatable bonds is 0. The number of para-hydroxylation sites is 1. The van der Waals surface area contributed by atoms with Crippen LogP contribution in [-0.4, -0.2) is 16.3 Å². The summed E-state index contributed by atoms with van der Waals surface area (Å²) in [6.45, 7) is 7.61. The van der Waals surface area contributed by atoms with E-state index >= 15 is 0 Å². The molecule has 2 aromatic rings. The van der Waals surface area contributed by atoms with Gasteiger partial charge in [-0.15, -0.1) is 0 Å². The Morgan fingerprint density at radius 3 is 2.61 bits per heavy atom. The van der Waals surface area contributed by atoms with Gasteiger partial charge in [0.25, 0.3) is 0 Å². The van der Waals surface area contributed by atoms with E-state index in [0.29, 0.717) is 0 Å². The van der Waals surface area contributed by atoms with Gasteiger partial charge >= 0.3 is 6.09 Å². The molecular formula is C14H16INO2. The number of carbonyl (C=O) groups excluding carboxylic acids is 1. The fraction of sp³-hybridized carbons (Fsp3) is 0.357. The summed E-state index contributed by atoms with van der Waals surface area (Å²) in [4.78, 5) is 12.2. The zero-order valence-electron chi connectivity index (χ0n) is 11.0. The zero-order valence-corrected chi connectivity index (χ0v) is 13.1. The number of hydrogen-bond donors (Lipinski definition) is 0. The van der Waals surface area contributed by atoms with Crippen LogP contribution in [-0.2, 0) is 4.74 Å². The number of ether oxygens (including phenoxy) is 1. The first kappa shape index (κ1) is 13.4. The van der Waals surface area contributed by atoms with Gasteiger partial charge in [-0.3, -0.25) is 4.57 Å². The number of hydrogen-bond acceptors (Lipinski definition) is 2. The van der Waals surface area contributed by atoms with Crippen LogP contribution in [0.2, 0.25) is 0 Å². The molecule has 0 unspecified atom stereocenters. The van der Waals surface area contributed by atoms with Crippen LogP contribution in [0.3, 0.4) is 0 Å². The number of aryl methyl sites for hydroxylation is 1. The van der Waals surface area contributed by atoms with Crippen molar-refractivity contribution in [1.82, 2.24) is 4.57 Å². The minimum Gasteiger partial charge on any atom is -0.443 e. The lowest BCUT2D eigenvalue weighted by molar-refractivity contribution is 0.0544. The summed E-state index contributed by atoms with van der Waals surface area (Å²) in [6, 6.07) is 6.02. The molecule has 1 aromatic heterocycles. The fourth-order valence-corrected chi connectivity index (χ4v) is 2.59. The Morgan fingerprint density at radius 2 is 2.00 bits per heavy atom. The number of carbonyl (C=O) groups is 1. The molecule has 0 atom stereocenters. The van der Waals surface area contributed by atoms with Crippen molar-refractivity contribution >= 4 is 39.6 Å². The first-order valence-electron chi connectivity index (χ1n) is 5.79. The topological polar surface area (TPSA) is 31.2 Å². The average molecular weight is 357 g/mol. The molecule has 0 saturated carbocycles. The predicted molar refractivity (Wildman–Crippen MR) is 81.0 cm³/mol. The Bertz CT molecular complexity index is 608. The van der Waals surface area contributed by atoms with E-state index in [9.17, 15) is 4.79 Å². The van der Waals surface area contributed by atoms with Gasteiger partial charge in [0.05, 0.1) is 5.52 Å². The number of nitrogens with zero attached hydrogens (tertiary/aromatic N) is 1. The summed E-state index contributed by atoms with van der Waals surface area (Å²) < 4.78 is 8.07. The van der Waals surface area contributed by atoms with Crippen molar-refractivity contribution in [2.75, 3.05) is 0 Å². The first-order valence-corrected chi connectivity index (χ1v) is 6.87. The van der Waals surface area contributed by atoms with Crippen LogP contribution in [0.5, 0.6) is 0 Å². The van der Waals surface area contributed by atoms with Gasteiger partial charge in [0.2, 0.25) is 0 Å². The number of benzene rings is 1. The Kier molecular flexibility index (Phi) is 3.40. The van der Waals surface area contributed by atoms with Crippen molar-refractivity contribution in [2.45, 2.75) is 33.3 Å². The normalized spacial score (nSPS) is 11.8. The third kappa shape index (κ3) is 2.53. The molecule has 0 amide bonds. The Balaban J connectivity index is 2.55. The number of halogens is 1. The monoisotopic (exact) mass is 357 g/mol. The summed E-state index contributed by atoms with van der Waals surface area (Å²) in [5.41, 5.74) is 1.51. The maximum Gasteiger partial charge on any atom is 0.419 e. The second-order valence-corrected chi connectivity index (χ2v) is 6.46. The summed E-state index contributed by atoms with van der Waals surface area (Å²) >= 11 is 2.24. The Morgan fingerprint density at radius 1 is 1.33 bits per heavy atom. The molecule has 96 valence electrons. The largest absolute Gasteiger partial charge is 0.443 e. The van der Waals surface area contributed by atoms with Gasteiger partial charge in [-0.05, 0) is 55.8 Å². The molecule has 3 nitrogen and oxygen atoms in total. The highest BCUT2D eigenvalue weighted by molar-refractivity contribution is 14.1. The van der Waals surface area contributed by atoms with Crippen molar-refractivity contribution in [3.05, 3.63) is 33.5 Å². The molecule has 2 rings (SSSR count). The first-order chi connectivity index (χ1) is 8.29. The van der Waals surface area contributed by atoms with Gasteiger partial charge in [0.1, 0.15) is 5.60 Å². The quantitative estimate of drug-likeness (QED) is 0.657. The summed E-state index contributed by atoms with van der Waals surface area (Å²) in [6.07, 6.45) is 1.50. The molecule has 18 heavy (non-hydrogen) atoms. The summed E-state index contributed by atoms with van der Waals surface area (Å²) in [5, 5.41) is 1.08. The third-order valence-electron chi connectivity index (χ3n) is 2.57. The predicted octanol–water partition coefficient (Wildman–Crippen LogP) is 4.34. The number of fused-ring (bicyclic) bond motifs is 1. The van der Waals surface area contributed by atoms with Crippen molar-refractivity contribution in [2.24, 2.45) is 0 Å². The highest BCUT2D eigenvalue weighted by Crippen LogP contribution is 2.26. The standard InChI is InChI=1S/C14H16INO2/c1-9-6-5-7-10-11(15)8-16(12(9)10)13(17)18-14(2,3)4/h5-8H,1-4H3. The number of aromatic nitrogens is 1. The third-order valence-corrected chi connectivity index (χ3v) is 3.43. The molecule has 0 radical (unpaired) electrons. The van der Waals surface area contributed by atoms with Crippen LogP contribution >= 0.6 is 22.6 Å². The zero-order chi connectivity index (χ0) is 13.5. The van der Waals surface area contributed by atoms with Crippen LogP contribution in [0, 0.1) is 10.5 Å². The van der Waals surface area contributed by atoms with E-state index < -0.39 is 5.60 Å². The van der Waals surface area contributed by atoms with E-state index in [1.54, 1.807) is 4.57 Å². The molecule has 0 saturated heterocycles. The van der Waals surface area contributed by atoms with Gasteiger partial charge in [-0.25, -0.2) is 4.79 Å². The highest BCUT2D eigenvalue weighted by Gasteiger charge is 2.20. The average Bonchev–Trinajstić information content (AvgIpc) is 2.56. The van der Waals surface area contributed by atoms with Crippen molar-refractivity contribution < 1.29 is 9.53 Å². The minimum absolute atomic E-state index is 0.329. The molecule has 4 heteroatoms. The van der Waals surface area contributed by atoms with Crippen LogP contribution in [0.15, 0.2) is 24.4 Å². The minimum atomic E-state index is -0.484. The SMILES string of the molecule is Cc1cccc2c(I)cn(C(=O)OC(C)(C)C)c12. The van der Waals surface area contributed by atoms with Crippen LogP contribution < -0.4 is 0 Å². The lowest BCUT2D eigenvalue weighted by Crippen LogP contribution is -2.26. The van der Waals surface area contributed by atoms with E-state index in [0.717, 1.165) is 20.0 Å². The maximum absolute atomic E-state index is 12.2. The molecule has 0 aliphatic rings. The molecule has 0 N–H and O–H groups in total. The fourth-order valence-electron chi connectivity index (χ4n) is 1.87. The van der Waals surface area contributed by atoms with E-state index in [1.807, 2.05) is 52.1 Å². The molecular weight excluding hydrogens is 341 g/mol. The molecule has 0 aliphatic heterocycles. The van der Waals surface area contributed by atoms with Crippen LogP contribution in [0.25, 0.3) is 10.9 Å². The lowest BCUT2D eigenvalue weighted by Gasteiger charge is -2.20. The molecule has 1 heterocycles. The van der Waals surface area contributed by atoms with E-state index in [2.05, 4.69) is 22.6 Å². The molecule has 0 bridgehead atoms. The summed E-state index contributed by atoms with van der Waals surface area (Å²) in [5.74, 6) is 0. The molecule has 0 fully saturated rings. The van der Waals surface area contributed by atoms with E-state index in [4.69, 9.17) is 4.74 Å². The van der Waals surface area contributed by atoms with E-state index in [-0.39, 0.29) is 6.09 Å². The van der Waals surface area contributed by atoms with Gasteiger partial charge in [-0.1, -0.05) is 18.2 Å². The second-order valence-electron chi connectivity index (χ2n) is 5.30. The maximum atomic E-state index is 12.2. The molecule has 1 aromatic carbocycles. The van der Waals surface area contributed by atoms with Crippen molar-refractivity contribution in [3.63, 3.8) is 0 Å². The highest BCUT2D eigenvalue weighted by atomic mass is 127. The van der Waals surface area contributed by atoms with Crippen LogP contribution in [0.4, 0.5) is 4.79 Å². The van der Waals surface area contributed by atoms with E-state index in [1.165, 1.54) is 0 Å².